The van der Waals surface area contributed by atoms with Crippen LogP contribution in [0.4, 0.5) is 22.0 Å². The van der Waals surface area contributed by atoms with Crippen molar-refractivity contribution in [3.05, 3.63) is 41.6 Å². The first kappa shape index (κ1) is 26.0. The topological polar surface area (TPSA) is 119 Å². The van der Waals surface area contributed by atoms with E-state index in [1.165, 1.54) is 4.52 Å². The predicted molar refractivity (Wildman–Crippen MR) is 121 cm³/mol. The maximum atomic E-state index is 13.1. The van der Waals surface area contributed by atoms with E-state index in [0.717, 1.165) is 29.4 Å². The second kappa shape index (κ2) is 9.91. The molecule has 204 valence electrons. The van der Waals surface area contributed by atoms with Crippen molar-refractivity contribution < 1.29 is 31.5 Å². The molecule has 1 atom stereocenters. The van der Waals surface area contributed by atoms with E-state index >= 15 is 0 Å². The molecule has 0 bridgehead atoms. The fourth-order valence-corrected chi connectivity index (χ4v) is 4.52. The summed E-state index contributed by atoms with van der Waals surface area (Å²) in [5, 5.41) is 17.4. The van der Waals surface area contributed by atoms with Crippen molar-refractivity contribution in [2.75, 3.05) is 0 Å². The maximum Gasteiger partial charge on any atom is 0.390 e. The fourth-order valence-electron chi connectivity index (χ4n) is 4.52. The number of nitrogens with one attached hydrogen (secondary N) is 2. The number of fused-ring (bicyclic) bond motifs is 1. The molecule has 0 saturated heterocycles. The number of hydrogen-bond acceptors (Lipinski definition) is 6. The summed E-state index contributed by atoms with van der Waals surface area (Å²) in [4.78, 5) is 30.1. The highest BCUT2D eigenvalue weighted by Crippen LogP contribution is 2.45. The normalized spacial score (nSPS) is 18.2. The quantitative estimate of drug-likeness (QED) is 0.382. The smallest absolute Gasteiger partial charge is 0.349 e. The number of imidazole rings is 1. The van der Waals surface area contributed by atoms with E-state index in [1.807, 2.05) is 0 Å². The minimum atomic E-state index is -4.35. The third kappa shape index (κ3) is 6.42. The van der Waals surface area contributed by atoms with Crippen LogP contribution in [0.25, 0.3) is 5.65 Å². The number of hydrogen-bond donors (Lipinski definition) is 2. The third-order valence-electron chi connectivity index (χ3n) is 6.60. The monoisotopic (exact) mass is 540 g/mol. The molecule has 1 unspecified atom stereocenters. The van der Waals surface area contributed by atoms with Crippen molar-refractivity contribution in [2.24, 2.45) is 11.8 Å². The third-order valence-corrected chi connectivity index (χ3v) is 6.60. The Bertz CT molecular complexity index is 1320. The number of aryl methyl sites for hydroxylation is 1. The largest absolute Gasteiger partial charge is 0.390 e. The van der Waals surface area contributed by atoms with Gasteiger partial charge < -0.3 is 10.6 Å². The van der Waals surface area contributed by atoms with Gasteiger partial charge in [0.15, 0.2) is 11.3 Å². The Morgan fingerprint density at radius 1 is 1.16 bits per heavy atom. The molecule has 2 amide bonds. The molecular weight excluding hydrogens is 515 g/mol. The minimum Gasteiger partial charge on any atom is -0.349 e. The first-order chi connectivity index (χ1) is 17.9. The minimum absolute atomic E-state index is 0.0156. The van der Waals surface area contributed by atoms with Crippen molar-refractivity contribution in [1.29, 1.82) is 0 Å². The lowest BCUT2D eigenvalue weighted by Gasteiger charge is -2.34. The Labute approximate surface area is 213 Å². The van der Waals surface area contributed by atoms with E-state index in [4.69, 9.17) is 0 Å². The van der Waals surface area contributed by atoms with Gasteiger partial charge in [-0.05, 0) is 36.3 Å². The molecule has 15 heteroatoms. The van der Waals surface area contributed by atoms with E-state index < -0.39 is 31.0 Å². The number of carbonyl (C=O) groups excluding carboxylic acids is 2. The average Bonchev–Trinajstić information content (AvgIpc) is 3.40. The standard InChI is InChI=1S/C23H25F5N8O2/c24-22(25)7-13(8-22)5-19(37)33-20(14-1-2-14)15-6-18-32-16(12-35(18)30-9-15)10-29-21(38)17-11-31-36(34-17)4-3-23(26,27)28/h6,9,11-14,20H,1-5,7-8,10H2,(H,29,38)(H,33,37). The average molecular weight is 540 g/mol. The zero-order valence-corrected chi connectivity index (χ0v) is 20.1. The molecule has 0 radical (unpaired) electrons. The molecule has 2 fully saturated rings. The van der Waals surface area contributed by atoms with Gasteiger partial charge in [0.05, 0.1) is 49.8 Å². The number of alkyl halides is 5. The van der Waals surface area contributed by atoms with E-state index in [1.54, 1.807) is 18.5 Å². The van der Waals surface area contributed by atoms with E-state index in [9.17, 15) is 31.5 Å². The highest BCUT2D eigenvalue weighted by Gasteiger charge is 2.46. The van der Waals surface area contributed by atoms with Crippen LogP contribution in [0.15, 0.2) is 24.7 Å². The molecule has 3 aromatic heterocycles. The number of amides is 2. The molecule has 5 rings (SSSR count). The number of nitrogens with zero attached hydrogens (tertiary/aromatic N) is 6. The highest BCUT2D eigenvalue weighted by molar-refractivity contribution is 5.91. The van der Waals surface area contributed by atoms with Crippen LogP contribution >= 0.6 is 0 Å². The van der Waals surface area contributed by atoms with E-state index in [2.05, 4.69) is 30.9 Å². The number of rotatable bonds is 10. The Hall–Kier alpha value is -3.65. The van der Waals surface area contributed by atoms with Gasteiger partial charge in [0.2, 0.25) is 11.8 Å². The summed E-state index contributed by atoms with van der Waals surface area (Å²) in [6.45, 7) is -0.474. The van der Waals surface area contributed by atoms with E-state index in [0.29, 0.717) is 11.3 Å². The van der Waals surface area contributed by atoms with Crippen LogP contribution < -0.4 is 10.6 Å². The summed E-state index contributed by atoms with van der Waals surface area (Å²) in [5.74, 6) is -3.61. The SMILES string of the molecule is O=C(CC1CC(F)(F)C1)NC(c1cnn2cc(CNC(=O)c3cnn(CCC(F)(F)F)n3)nc2c1)C1CC1. The lowest BCUT2D eigenvalue weighted by atomic mass is 9.79. The van der Waals surface area contributed by atoms with E-state index in [-0.39, 0.29) is 55.3 Å². The van der Waals surface area contributed by atoms with Gasteiger partial charge >= 0.3 is 6.18 Å². The van der Waals surface area contributed by atoms with Crippen LogP contribution in [0.3, 0.4) is 0 Å². The van der Waals surface area contributed by atoms with Crippen LogP contribution in [0.1, 0.15) is 66.3 Å². The lowest BCUT2D eigenvalue weighted by Crippen LogP contribution is -2.39. The summed E-state index contributed by atoms with van der Waals surface area (Å²) >= 11 is 0. The zero-order chi connectivity index (χ0) is 27.1. The molecule has 2 saturated carbocycles. The Kier molecular flexibility index (Phi) is 6.77. The Morgan fingerprint density at radius 2 is 1.92 bits per heavy atom. The molecule has 10 nitrogen and oxygen atoms in total. The number of halogens is 5. The molecule has 0 spiro atoms. The van der Waals surface area contributed by atoms with Crippen LogP contribution in [-0.4, -0.2) is 53.5 Å². The first-order valence-electron chi connectivity index (χ1n) is 12.2. The van der Waals surface area contributed by atoms with Crippen LogP contribution in [0.5, 0.6) is 0 Å². The molecule has 2 aliphatic rings. The summed E-state index contributed by atoms with van der Waals surface area (Å²) in [6.07, 6.45) is 0.283. The Morgan fingerprint density at radius 3 is 2.61 bits per heavy atom. The van der Waals surface area contributed by atoms with Gasteiger partial charge in [-0.3, -0.25) is 9.59 Å². The molecule has 0 aromatic carbocycles. The van der Waals surface area contributed by atoms with Crippen LogP contribution in [0, 0.1) is 11.8 Å². The van der Waals surface area contributed by atoms with Crippen LogP contribution in [0.2, 0.25) is 0 Å². The summed E-state index contributed by atoms with van der Waals surface area (Å²) in [6, 6.07) is 1.49. The molecule has 2 aliphatic carbocycles. The van der Waals surface area contributed by atoms with Gasteiger partial charge in [0, 0.05) is 19.3 Å². The van der Waals surface area contributed by atoms with Gasteiger partial charge in [-0.15, -0.1) is 5.10 Å². The highest BCUT2D eigenvalue weighted by atomic mass is 19.4. The fraction of sp³-hybridized carbons (Fsp3) is 0.565. The number of carbonyl (C=O) groups is 2. The van der Waals surface area contributed by atoms with Crippen molar-refractivity contribution in [3.63, 3.8) is 0 Å². The van der Waals surface area contributed by atoms with Gasteiger partial charge in [-0.25, -0.2) is 18.3 Å². The number of aromatic nitrogens is 6. The van der Waals surface area contributed by atoms with Crippen molar-refractivity contribution >= 4 is 17.5 Å². The predicted octanol–water partition coefficient (Wildman–Crippen LogP) is 3.21. The van der Waals surface area contributed by atoms with Crippen LogP contribution in [-0.2, 0) is 17.9 Å². The lowest BCUT2D eigenvalue weighted by molar-refractivity contribution is -0.138. The van der Waals surface area contributed by atoms with Gasteiger partial charge in [0.1, 0.15) is 0 Å². The van der Waals surface area contributed by atoms with Crippen molar-refractivity contribution in [3.8, 4) is 0 Å². The summed E-state index contributed by atoms with van der Waals surface area (Å²) in [5.41, 5.74) is 1.60. The molecule has 3 aromatic rings. The first-order valence-corrected chi connectivity index (χ1v) is 12.2. The molecular formula is C23H25F5N8O2. The van der Waals surface area contributed by atoms with Gasteiger partial charge in [-0.2, -0.15) is 28.2 Å². The van der Waals surface area contributed by atoms with Crippen molar-refractivity contribution in [1.82, 2.24) is 40.2 Å². The summed E-state index contributed by atoms with van der Waals surface area (Å²) < 4.78 is 64.8. The molecule has 38 heavy (non-hydrogen) atoms. The second-order valence-corrected chi connectivity index (χ2v) is 9.91. The molecule has 0 aliphatic heterocycles. The second-order valence-electron chi connectivity index (χ2n) is 9.91. The van der Waals surface area contributed by atoms with Gasteiger partial charge in [0.25, 0.3) is 5.91 Å². The molecule has 2 N–H and O–H groups in total. The zero-order valence-electron chi connectivity index (χ0n) is 20.1. The summed E-state index contributed by atoms with van der Waals surface area (Å²) in [7, 11) is 0. The maximum absolute atomic E-state index is 13.1. The Balaban J connectivity index is 1.18. The van der Waals surface area contributed by atoms with Crippen molar-refractivity contribution in [2.45, 2.75) is 69.8 Å². The van der Waals surface area contributed by atoms with Gasteiger partial charge in [-0.1, -0.05) is 0 Å². The molecule has 3 heterocycles.